The molecule has 0 radical (unpaired) electrons. The minimum absolute atomic E-state index is 0.551. The summed E-state index contributed by atoms with van der Waals surface area (Å²) in [5.74, 6) is 1.24. The van der Waals surface area contributed by atoms with Crippen molar-refractivity contribution in [3.63, 3.8) is 0 Å². The maximum absolute atomic E-state index is 6.22. The number of likely N-dealkylation sites (tertiary alicyclic amines) is 1. The van der Waals surface area contributed by atoms with Crippen molar-refractivity contribution in [1.82, 2.24) is 4.90 Å². The molecule has 2 rings (SSSR count). The highest BCUT2D eigenvalue weighted by atomic mass is 35.5. The number of hydrogen-bond donors (Lipinski definition) is 0. The normalized spacial score (nSPS) is 22.2. The van der Waals surface area contributed by atoms with Gasteiger partial charge in [0.25, 0.3) is 0 Å². The Bertz CT molecular complexity index is 445. The third-order valence-electron chi connectivity index (χ3n) is 4.39. The lowest BCUT2D eigenvalue weighted by atomic mass is 9.80. The molecule has 0 spiro atoms. The first kappa shape index (κ1) is 16.1. The van der Waals surface area contributed by atoms with Gasteiger partial charge in [0.05, 0.1) is 10.0 Å². The largest absolute Gasteiger partial charge is 0.303 e. The van der Waals surface area contributed by atoms with Gasteiger partial charge in [0.1, 0.15) is 0 Å². The van der Waals surface area contributed by atoms with Gasteiger partial charge in [0.2, 0.25) is 0 Å². The molecule has 1 nitrogen and oxygen atoms in total. The first-order chi connectivity index (χ1) is 9.49. The van der Waals surface area contributed by atoms with Gasteiger partial charge in [-0.3, -0.25) is 0 Å². The third kappa shape index (κ3) is 3.90. The van der Waals surface area contributed by atoms with Crippen LogP contribution in [0.4, 0.5) is 0 Å². The topological polar surface area (TPSA) is 3.24 Å². The number of benzene rings is 1. The van der Waals surface area contributed by atoms with Crippen LogP contribution in [-0.2, 0) is 0 Å². The highest BCUT2D eigenvalue weighted by Crippen LogP contribution is 2.36. The second kappa shape index (κ2) is 7.15. The molecule has 1 aliphatic rings. The van der Waals surface area contributed by atoms with E-state index in [0.717, 1.165) is 0 Å². The van der Waals surface area contributed by atoms with Gasteiger partial charge in [-0.2, -0.15) is 0 Å². The standard InChI is InChI=1S/C17H25Cl2N/c1-12(2)10-14(17-6-4-5-9-20(17)3)13-7-8-15(18)16(19)11-13/h7-8,11-12,14,17H,4-6,9-10H2,1-3H3/t14-,17-/m1/s1. The SMILES string of the molecule is CC(C)C[C@H](c1ccc(Cl)c(Cl)c1)[C@H]1CCCCN1C. The lowest BCUT2D eigenvalue weighted by Crippen LogP contribution is -2.40. The smallest absolute Gasteiger partial charge is 0.0595 e. The maximum atomic E-state index is 6.22. The average Bonchev–Trinajstić information content (AvgIpc) is 2.40. The van der Waals surface area contributed by atoms with E-state index < -0.39 is 0 Å². The number of hydrogen-bond acceptors (Lipinski definition) is 1. The van der Waals surface area contributed by atoms with Gasteiger partial charge in [-0.05, 0) is 62.4 Å². The zero-order valence-corrected chi connectivity index (χ0v) is 14.2. The fourth-order valence-corrected chi connectivity index (χ4v) is 3.68. The molecule has 0 aromatic heterocycles. The summed E-state index contributed by atoms with van der Waals surface area (Å²) in [4.78, 5) is 2.53. The summed E-state index contributed by atoms with van der Waals surface area (Å²) in [5.41, 5.74) is 1.34. The van der Waals surface area contributed by atoms with Crippen LogP contribution in [0.2, 0.25) is 10.0 Å². The fourth-order valence-electron chi connectivity index (χ4n) is 3.38. The van der Waals surface area contributed by atoms with Crippen molar-refractivity contribution in [1.29, 1.82) is 0 Å². The highest BCUT2D eigenvalue weighted by Gasteiger charge is 2.29. The van der Waals surface area contributed by atoms with Gasteiger partial charge in [-0.25, -0.2) is 0 Å². The van der Waals surface area contributed by atoms with Crippen molar-refractivity contribution >= 4 is 23.2 Å². The lowest BCUT2D eigenvalue weighted by molar-refractivity contribution is 0.149. The van der Waals surface area contributed by atoms with Crippen molar-refractivity contribution in [3.05, 3.63) is 33.8 Å². The molecular weight excluding hydrogens is 289 g/mol. The van der Waals surface area contributed by atoms with Crippen LogP contribution in [0.5, 0.6) is 0 Å². The molecule has 0 N–H and O–H groups in total. The Hall–Kier alpha value is -0.240. The van der Waals surface area contributed by atoms with Crippen molar-refractivity contribution in [2.24, 2.45) is 5.92 Å². The minimum Gasteiger partial charge on any atom is -0.303 e. The van der Waals surface area contributed by atoms with Gasteiger partial charge in [0.15, 0.2) is 0 Å². The Kier molecular flexibility index (Phi) is 5.77. The summed E-state index contributed by atoms with van der Waals surface area (Å²) < 4.78 is 0. The maximum Gasteiger partial charge on any atom is 0.0595 e. The van der Waals surface area contributed by atoms with Crippen LogP contribution >= 0.6 is 23.2 Å². The molecule has 0 saturated carbocycles. The molecule has 1 aliphatic heterocycles. The Morgan fingerprint density at radius 3 is 2.55 bits per heavy atom. The van der Waals surface area contributed by atoms with Gasteiger partial charge < -0.3 is 4.90 Å². The second-order valence-corrected chi connectivity index (χ2v) is 7.27. The summed E-state index contributed by atoms with van der Waals surface area (Å²) in [6.45, 7) is 5.81. The quantitative estimate of drug-likeness (QED) is 0.698. The molecular formula is C17H25Cl2N. The molecule has 0 amide bonds. The molecule has 112 valence electrons. The zero-order valence-electron chi connectivity index (χ0n) is 12.7. The summed E-state index contributed by atoms with van der Waals surface area (Å²) in [6, 6.07) is 6.79. The monoisotopic (exact) mass is 313 g/mol. The van der Waals surface area contributed by atoms with E-state index in [4.69, 9.17) is 23.2 Å². The number of rotatable bonds is 4. The van der Waals surface area contributed by atoms with E-state index in [1.165, 1.54) is 37.8 Å². The summed E-state index contributed by atoms with van der Waals surface area (Å²) in [7, 11) is 2.26. The molecule has 0 aliphatic carbocycles. The second-order valence-electron chi connectivity index (χ2n) is 6.45. The van der Waals surface area contributed by atoms with Crippen molar-refractivity contribution in [3.8, 4) is 0 Å². The summed E-state index contributed by atoms with van der Waals surface area (Å²) in [6.07, 6.45) is 5.15. The van der Waals surface area contributed by atoms with Crippen LogP contribution in [0.25, 0.3) is 0 Å². The zero-order chi connectivity index (χ0) is 14.7. The lowest BCUT2D eigenvalue weighted by Gasteiger charge is -2.39. The molecule has 3 heteroatoms. The number of piperidine rings is 1. The van der Waals surface area contributed by atoms with Crippen LogP contribution in [0.1, 0.15) is 51.0 Å². The average molecular weight is 314 g/mol. The van der Waals surface area contributed by atoms with E-state index in [0.29, 0.717) is 27.9 Å². The Morgan fingerprint density at radius 1 is 1.20 bits per heavy atom. The number of likely N-dealkylation sites (N-methyl/N-ethyl adjacent to an activating group) is 1. The van der Waals surface area contributed by atoms with Crippen molar-refractivity contribution < 1.29 is 0 Å². The Balaban J connectivity index is 2.28. The molecule has 0 bridgehead atoms. The van der Waals surface area contributed by atoms with Crippen LogP contribution in [0.15, 0.2) is 18.2 Å². The predicted octanol–water partition coefficient (Wildman–Crippen LogP) is 5.61. The minimum atomic E-state index is 0.551. The first-order valence-electron chi connectivity index (χ1n) is 7.64. The first-order valence-corrected chi connectivity index (χ1v) is 8.40. The number of halogens is 2. The molecule has 2 atom stereocenters. The molecule has 1 saturated heterocycles. The van der Waals surface area contributed by atoms with Crippen LogP contribution < -0.4 is 0 Å². The van der Waals surface area contributed by atoms with E-state index in [1.54, 1.807) is 0 Å². The van der Waals surface area contributed by atoms with E-state index in [1.807, 2.05) is 6.07 Å². The van der Waals surface area contributed by atoms with Gasteiger partial charge in [-0.1, -0.05) is 49.5 Å². The molecule has 1 aromatic carbocycles. The summed E-state index contributed by atoms with van der Waals surface area (Å²) in [5, 5.41) is 1.33. The van der Waals surface area contributed by atoms with Gasteiger partial charge in [0, 0.05) is 6.04 Å². The van der Waals surface area contributed by atoms with E-state index in [9.17, 15) is 0 Å². The Labute approximate surface area is 133 Å². The van der Waals surface area contributed by atoms with Gasteiger partial charge in [-0.15, -0.1) is 0 Å². The van der Waals surface area contributed by atoms with Crippen LogP contribution in [0.3, 0.4) is 0 Å². The van der Waals surface area contributed by atoms with E-state index in [-0.39, 0.29) is 0 Å². The molecule has 1 heterocycles. The van der Waals surface area contributed by atoms with E-state index in [2.05, 4.69) is 37.9 Å². The third-order valence-corrected chi connectivity index (χ3v) is 5.13. The van der Waals surface area contributed by atoms with Gasteiger partial charge >= 0.3 is 0 Å². The Morgan fingerprint density at radius 2 is 1.95 bits per heavy atom. The highest BCUT2D eigenvalue weighted by molar-refractivity contribution is 6.42. The molecule has 0 unspecified atom stereocenters. The molecule has 1 fully saturated rings. The van der Waals surface area contributed by atoms with Crippen molar-refractivity contribution in [2.45, 2.75) is 51.5 Å². The molecule has 1 aromatic rings. The van der Waals surface area contributed by atoms with E-state index >= 15 is 0 Å². The fraction of sp³-hybridized carbons (Fsp3) is 0.647. The predicted molar refractivity (Wildman–Crippen MR) is 88.9 cm³/mol. The summed E-state index contributed by atoms with van der Waals surface area (Å²) >= 11 is 12.3. The van der Waals surface area contributed by atoms with Crippen LogP contribution in [-0.4, -0.2) is 24.5 Å². The van der Waals surface area contributed by atoms with Crippen molar-refractivity contribution in [2.75, 3.05) is 13.6 Å². The molecule has 20 heavy (non-hydrogen) atoms. The van der Waals surface area contributed by atoms with Crippen LogP contribution in [0, 0.1) is 5.92 Å². The number of nitrogens with zero attached hydrogens (tertiary/aromatic N) is 1.